The molecule has 20 heavy (non-hydrogen) atoms. The standard InChI is InChI=1S/C15H16BrN3O/c16-6-9-19(12-2-1-3-12)15(20)11-4-5-13-14(10-11)18-8-7-17-13/h4-5,7-8,10,12H,1-3,6,9H2. The van der Waals surface area contributed by atoms with Crippen molar-refractivity contribution in [2.45, 2.75) is 25.3 Å². The van der Waals surface area contributed by atoms with Crippen LogP contribution in [0.5, 0.6) is 0 Å². The van der Waals surface area contributed by atoms with Gasteiger partial charge in [0.25, 0.3) is 5.91 Å². The first-order chi connectivity index (χ1) is 9.79. The van der Waals surface area contributed by atoms with Gasteiger partial charge in [-0.05, 0) is 37.5 Å². The van der Waals surface area contributed by atoms with Crippen LogP contribution < -0.4 is 0 Å². The third-order valence-corrected chi connectivity index (χ3v) is 4.17. The summed E-state index contributed by atoms with van der Waals surface area (Å²) in [5.41, 5.74) is 2.29. The Morgan fingerprint density at radius 1 is 1.25 bits per heavy atom. The van der Waals surface area contributed by atoms with Gasteiger partial charge in [0, 0.05) is 35.9 Å². The highest BCUT2D eigenvalue weighted by molar-refractivity contribution is 9.09. The summed E-state index contributed by atoms with van der Waals surface area (Å²) < 4.78 is 0. The van der Waals surface area contributed by atoms with Gasteiger partial charge in [-0.1, -0.05) is 15.9 Å². The third-order valence-electron chi connectivity index (χ3n) is 3.82. The van der Waals surface area contributed by atoms with Crippen LogP contribution in [0, 0.1) is 0 Å². The fourth-order valence-corrected chi connectivity index (χ4v) is 2.88. The molecule has 5 heteroatoms. The minimum atomic E-state index is 0.0988. The van der Waals surface area contributed by atoms with Crippen LogP contribution in [0.4, 0.5) is 0 Å². The molecule has 3 rings (SSSR count). The van der Waals surface area contributed by atoms with Crippen molar-refractivity contribution in [2.24, 2.45) is 0 Å². The Labute approximate surface area is 126 Å². The summed E-state index contributed by atoms with van der Waals surface area (Å²) in [7, 11) is 0. The van der Waals surface area contributed by atoms with Crippen LogP contribution in [0.15, 0.2) is 30.6 Å². The molecule has 1 aliphatic rings. The van der Waals surface area contributed by atoms with Crippen molar-refractivity contribution >= 4 is 32.9 Å². The van der Waals surface area contributed by atoms with Crippen LogP contribution in [-0.4, -0.2) is 38.7 Å². The van der Waals surface area contributed by atoms with E-state index >= 15 is 0 Å². The van der Waals surface area contributed by atoms with Gasteiger partial charge in [-0.15, -0.1) is 0 Å². The number of nitrogens with zero attached hydrogens (tertiary/aromatic N) is 3. The zero-order chi connectivity index (χ0) is 13.9. The second kappa shape index (κ2) is 5.87. The molecule has 0 spiro atoms. The number of alkyl halides is 1. The summed E-state index contributed by atoms with van der Waals surface area (Å²) >= 11 is 3.44. The van der Waals surface area contributed by atoms with Crippen molar-refractivity contribution in [3.05, 3.63) is 36.2 Å². The Bertz CT molecular complexity index is 627. The smallest absolute Gasteiger partial charge is 0.254 e. The maximum Gasteiger partial charge on any atom is 0.254 e. The summed E-state index contributed by atoms with van der Waals surface area (Å²) in [6.45, 7) is 0.752. The second-order valence-corrected chi connectivity index (χ2v) is 5.83. The molecule has 2 aromatic rings. The average molecular weight is 334 g/mol. The van der Waals surface area contributed by atoms with Crippen LogP contribution in [-0.2, 0) is 0 Å². The van der Waals surface area contributed by atoms with Crippen molar-refractivity contribution in [3.8, 4) is 0 Å². The van der Waals surface area contributed by atoms with E-state index in [0.29, 0.717) is 11.6 Å². The summed E-state index contributed by atoms with van der Waals surface area (Å²) in [5, 5.41) is 0.808. The molecule has 4 nitrogen and oxygen atoms in total. The molecule has 0 unspecified atom stereocenters. The topological polar surface area (TPSA) is 46.1 Å². The van der Waals surface area contributed by atoms with Gasteiger partial charge in [0.15, 0.2) is 0 Å². The quantitative estimate of drug-likeness (QED) is 0.808. The van der Waals surface area contributed by atoms with Gasteiger partial charge in [0.2, 0.25) is 0 Å². The first kappa shape index (κ1) is 13.5. The molecule has 1 fully saturated rings. The maximum absolute atomic E-state index is 12.7. The van der Waals surface area contributed by atoms with E-state index < -0.39 is 0 Å². The van der Waals surface area contributed by atoms with Crippen molar-refractivity contribution in [1.29, 1.82) is 0 Å². The Hall–Kier alpha value is -1.49. The summed E-state index contributed by atoms with van der Waals surface area (Å²) in [6.07, 6.45) is 6.77. The highest BCUT2D eigenvalue weighted by Gasteiger charge is 2.28. The van der Waals surface area contributed by atoms with E-state index in [1.54, 1.807) is 12.4 Å². The van der Waals surface area contributed by atoms with E-state index in [0.717, 1.165) is 35.7 Å². The predicted octanol–water partition coefficient (Wildman–Crippen LogP) is 3.02. The molecule has 0 radical (unpaired) electrons. The van der Waals surface area contributed by atoms with Crippen molar-refractivity contribution in [1.82, 2.24) is 14.9 Å². The van der Waals surface area contributed by atoms with E-state index in [-0.39, 0.29) is 5.91 Å². The fourth-order valence-electron chi connectivity index (χ4n) is 2.50. The molecule has 1 amide bonds. The molecule has 0 N–H and O–H groups in total. The van der Waals surface area contributed by atoms with Crippen molar-refractivity contribution in [2.75, 3.05) is 11.9 Å². The Morgan fingerprint density at radius 2 is 2.00 bits per heavy atom. The summed E-state index contributed by atoms with van der Waals surface area (Å²) in [6, 6.07) is 5.95. The average Bonchev–Trinajstić information content (AvgIpc) is 2.43. The molecule has 104 valence electrons. The molecule has 1 heterocycles. The number of hydrogen-bond donors (Lipinski definition) is 0. The first-order valence-electron chi connectivity index (χ1n) is 6.87. The molecule has 1 aromatic carbocycles. The Balaban J connectivity index is 1.89. The van der Waals surface area contributed by atoms with Gasteiger partial charge >= 0.3 is 0 Å². The van der Waals surface area contributed by atoms with Gasteiger partial charge in [0.1, 0.15) is 0 Å². The number of rotatable bonds is 4. The molecular weight excluding hydrogens is 318 g/mol. The lowest BCUT2D eigenvalue weighted by Crippen LogP contribution is -2.45. The molecule has 0 aliphatic heterocycles. The fraction of sp³-hybridized carbons (Fsp3) is 0.400. The second-order valence-electron chi connectivity index (χ2n) is 5.03. The Morgan fingerprint density at radius 3 is 2.65 bits per heavy atom. The summed E-state index contributed by atoms with van der Waals surface area (Å²) in [5.74, 6) is 0.0988. The van der Waals surface area contributed by atoms with Gasteiger partial charge in [-0.25, -0.2) is 0 Å². The minimum Gasteiger partial charge on any atom is -0.335 e. The molecule has 1 aromatic heterocycles. The van der Waals surface area contributed by atoms with Crippen LogP contribution in [0.3, 0.4) is 0 Å². The molecule has 0 bridgehead atoms. The van der Waals surface area contributed by atoms with Crippen LogP contribution in [0.25, 0.3) is 11.0 Å². The molecular formula is C15H16BrN3O. The van der Waals surface area contributed by atoms with E-state index in [4.69, 9.17) is 0 Å². The monoisotopic (exact) mass is 333 g/mol. The lowest BCUT2D eigenvalue weighted by Gasteiger charge is -2.37. The van der Waals surface area contributed by atoms with E-state index in [1.165, 1.54) is 6.42 Å². The molecule has 1 saturated carbocycles. The third kappa shape index (κ3) is 2.54. The number of benzene rings is 1. The van der Waals surface area contributed by atoms with Crippen LogP contribution in [0.1, 0.15) is 29.6 Å². The number of aromatic nitrogens is 2. The number of halogens is 1. The van der Waals surface area contributed by atoms with Crippen LogP contribution in [0.2, 0.25) is 0 Å². The molecule has 0 saturated heterocycles. The maximum atomic E-state index is 12.7. The van der Waals surface area contributed by atoms with E-state index in [2.05, 4.69) is 25.9 Å². The Kier molecular flexibility index (Phi) is 3.96. The number of carbonyl (C=O) groups is 1. The number of amides is 1. The van der Waals surface area contributed by atoms with Gasteiger partial charge < -0.3 is 4.90 Å². The lowest BCUT2D eigenvalue weighted by atomic mass is 9.91. The normalized spacial score (nSPS) is 15.1. The lowest BCUT2D eigenvalue weighted by molar-refractivity contribution is 0.0599. The zero-order valence-corrected chi connectivity index (χ0v) is 12.7. The molecule has 0 atom stereocenters. The van der Waals surface area contributed by atoms with Crippen LogP contribution >= 0.6 is 15.9 Å². The summed E-state index contributed by atoms with van der Waals surface area (Å²) in [4.78, 5) is 23.1. The first-order valence-corrected chi connectivity index (χ1v) is 7.99. The largest absolute Gasteiger partial charge is 0.335 e. The zero-order valence-electron chi connectivity index (χ0n) is 11.1. The van der Waals surface area contributed by atoms with E-state index in [9.17, 15) is 4.79 Å². The van der Waals surface area contributed by atoms with E-state index in [1.807, 2.05) is 23.1 Å². The van der Waals surface area contributed by atoms with Gasteiger partial charge in [-0.2, -0.15) is 0 Å². The highest BCUT2D eigenvalue weighted by atomic mass is 79.9. The van der Waals surface area contributed by atoms with Crippen molar-refractivity contribution in [3.63, 3.8) is 0 Å². The SMILES string of the molecule is O=C(c1ccc2nccnc2c1)N(CCBr)C1CCC1. The molecule has 1 aliphatic carbocycles. The van der Waals surface area contributed by atoms with Gasteiger partial charge in [-0.3, -0.25) is 14.8 Å². The predicted molar refractivity (Wildman–Crippen MR) is 82.0 cm³/mol. The number of fused-ring (bicyclic) bond motifs is 1. The van der Waals surface area contributed by atoms with Gasteiger partial charge in [0.05, 0.1) is 11.0 Å². The van der Waals surface area contributed by atoms with Crippen molar-refractivity contribution < 1.29 is 4.79 Å². The minimum absolute atomic E-state index is 0.0988. The number of carbonyl (C=O) groups excluding carboxylic acids is 1. The number of hydrogen-bond acceptors (Lipinski definition) is 3. The highest BCUT2D eigenvalue weighted by Crippen LogP contribution is 2.26.